The van der Waals surface area contributed by atoms with Gasteiger partial charge >= 0.3 is 15.6 Å². The minimum absolute atomic E-state index is 0.0285. The molecular weight excluding hydrogens is 505 g/mol. The van der Waals surface area contributed by atoms with Crippen LogP contribution < -0.4 is 0 Å². The van der Waals surface area contributed by atoms with Gasteiger partial charge in [-0.05, 0) is 48.4 Å². The molecule has 2 aliphatic heterocycles. The molecule has 0 spiro atoms. The van der Waals surface area contributed by atoms with E-state index in [2.05, 4.69) is 58.8 Å². The Kier molecular flexibility index (Phi) is 7.58. The van der Waals surface area contributed by atoms with Gasteiger partial charge in [0.05, 0.1) is 13.2 Å². The van der Waals surface area contributed by atoms with Gasteiger partial charge in [-0.2, -0.15) is 21.6 Å². The van der Waals surface area contributed by atoms with Gasteiger partial charge < -0.3 is 17.8 Å². The fraction of sp³-hybridized carbons (Fsp3) is 0.818. The first-order valence-electron chi connectivity index (χ1n) is 11.3. The second-order valence-electron chi connectivity index (χ2n) is 12.3. The summed E-state index contributed by atoms with van der Waals surface area (Å²) >= 11 is 0. The second-order valence-corrected chi connectivity index (χ2v) is 23.5. The molecule has 0 radical (unpaired) electrons. The van der Waals surface area contributed by atoms with E-state index in [1.165, 1.54) is 6.08 Å². The molecule has 2 bridgehead atoms. The lowest BCUT2D eigenvalue weighted by Gasteiger charge is -2.44. The standard InChI is InChI=1S/C22H39F3O6SSi2/c1-18(2,3)33(7,8)28-15-20-11-12-21(31-20,16-29-34(9,10)19(4,5)6)14-17(13-20)30-32(26,27)22(23,24)25/h11-13H,14-16H2,1-10H3/t20-,21+/m0/s1. The van der Waals surface area contributed by atoms with E-state index in [9.17, 15) is 21.6 Å². The molecule has 2 atom stereocenters. The highest BCUT2D eigenvalue weighted by Gasteiger charge is 2.54. The van der Waals surface area contributed by atoms with Crippen molar-refractivity contribution in [3.63, 3.8) is 0 Å². The molecule has 34 heavy (non-hydrogen) atoms. The van der Waals surface area contributed by atoms with Gasteiger partial charge in [0.15, 0.2) is 16.6 Å². The lowest BCUT2D eigenvalue weighted by atomic mass is 9.97. The molecular formula is C22H39F3O6SSi2. The minimum Gasteiger partial charge on any atom is -0.414 e. The smallest absolute Gasteiger partial charge is 0.414 e. The van der Waals surface area contributed by atoms with Crippen LogP contribution in [0.4, 0.5) is 13.2 Å². The van der Waals surface area contributed by atoms with Crippen molar-refractivity contribution >= 4 is 26.8 Å². The summed E-state index contributed by atoms with van der Waals surface area (Å²) in [7, 11) is -10.3. The second kappa shape index (κ2) is 8.72. The lowest BCUT2D eigenvalue weighted by molar-refractivity contribution is -0.116. The number of rotatable bonds is 8. The zero-order chi connectivity index (χ0) is 26.6. The van der Waals surface area contributed by atoms with E-state index in [0.29, 0.717) is 0 Å². The zero-order valence-corrected chi connectivity index (χ0v) is 24.7. The van der Waals surface area contributed by atoms with Crippen LogP contribution >= 0.6 is 0 Å². The monoisotopic (exact) mass is 544 g/mol. The van der Waals surface area contributed by atoms with Crippen LogP contribution in [0.15, 0.2) is 24.0 Å². The van der Waals surface area contributed by atoms with Crippen LogP contribution in [0, 0.1) is 0 Å². The molecule has 12 heteroatoms. The first-order valence-corrected chi connectivity index (χ1v) is 18.5. The van der Waals surface area contributed by atoms with Gasteiger partial charge in [-0.15, -0.1) is 0 Å². The molecule has 0 aliphatic carbocycles. The third kappa shape index (κ3) is 6.17. The predicted molar refractivity (Wildman–Crippen MR) is 131 cm³/mol. The predicted octanol–water partition coefficient (Wildman–Crippen LogP) is 6.25. The van der Waals surface area contributed by atoms with Crippen LogP contribution in [0.3, 0.4) is 0 Å². The van der Waals surface area contributed by atoms with Gasteiger partial charge in [-0.3, -0.25) is 0 Å². The summed E-state index contributed by atoms with van der Waals surface area (Å²) in [6.07, 6.45) is 4.54. The van der Waals surface area contributed by atoms with Gasteiger partial charge in [0.1, 0.15) is 17.0 Å². The first-order chi connectivity index (χ1) is 14.9. The molecule has 0 unspecified atom stereocenters. The first kappa shape index (κ1) is 29.6. The number of halogens is 3. The van der Waals surface area contributed by atoms with E-state index in [4.69, 9.17) is 13.6 Å². The zero-order valence-electron chi connectivity index (χ0n) is 21.8. The molecule has 0 saturated heterocycles. The average Bonchev–Trinajstić information content (AvgIpc) is 2.87. The number of hydrogen-bond acceptors (Lipinski definition) is 6. The maximum Gasteiger partial charge on any atom is 0.534 e. The van der Waals surface area contributed by atoms with E-state index >= 15 is 0 Å². The summed E-state index contributed by atoms with van der Waals surface area (Å²) in [5.41, 5.74) is -7.94. The Labute approximate surface area is 204 Å². The molecule has 0 fully saturated rings. The fourth-order valence-electron chi connectivity index (χ4n) is 3.05. The maximum absolute atomic E-state index is 13.0. The van der Waals surface area contributed by atoms with Gasteiger partial charge in [0.2, 0.25) is 0 Å². The summed E-state index contributed by atoms with van der Waals surface area (Å²) < 4.78 is 86.2. The Morgan fingerprint density at radius 1 is 0.912 bits per heavy atom. The quantitative estimate of drug-likeness (QED) is 0.156. The SMILES string of the molecule is CC(C)(C)[Si](C)(C)OC[C@]12C=C[C@](CO[Si](C)(C)C(C)(C)C)(CC(OS(=O)(=O)C(F)(F)F)=C1)O2. The van der Waals surface area contributed by atoms with Crippen molar-refractivity contribution in [2.45, 2.75) is 101 Å². The highest BCUT2D eigenvalue weighted by Crippen LogP contribution is 2.47. The summed E-state index contributed by atoms with van der Waals surface area (Å²) in [6.45, 7) is 20.7. The summed E-state index contributed by atoms with van der Waals surface area (Å²) in [5, 5.41) is -0.205. The largest absolute Gasteiger partial charge is 0.534 e. The van der Waals surface area contributed by atoms with Crippen LogP contribution in [0.5, 0.6) is 0 Å². The summed E-state index contributed by atoms with van der Waals surface area (Å²) in [4.78, 5) is 0. The van der Waals surface area contributed by atoms with E-state index < -0.39 is 43.5 Å². The van der Waals surface area contributed by atoms with Gasteiger partial charge in [-0.1, -0.05) is 47.6 Å². The Balaban J connectivity index is 2.38. The van der Waals surface area contributed by atoms with E-state index in [-0.39, 0.29) is 35.5 Å². The lowest BCUT2D eigenvalue weighted by Crippen LogP contribution is -2.52. The minimum atomic E-state index is -5.82. The Morgan fingerprint density at radius 3 is 1.82 bits per heavy atom. The molecule has 0 aromatic rings. The highest BCUT2D eigenvalue weighted by atomic mass is 32.2. The third-order valence-corrected chi connectivity index (χ3v) is 17.3. The molecule has 2 rings (SSSR count). The molecule has 0 saturated carbocycles. The molecule has 0 aromatic heterocycles. The van der Waals surface area contributed by atoms with Crippen molar-refractivity contribution in [3.05, 3.63) is 24.0 Å². The number of hydrogen-bond donors (Lipinski definition) is 0. The van der Waals surface area contributed by atoms with E-state index in [1.807, 2.05) is 13.1 Å². The Bertz CT molecular complexity index is 945. The molecule has 198 valence electrons. The fourth-order valence-corrected chi connectivity index (χ4v) is 5.59. The number of fused-ring (bicyclic) bond motifs is 2. The molecule has 2 heterocycles. The molecule has 0 amide bonds. The molecule has 2 aliphatic rings. The van der Waals surface area contributed by atoms with Crippen LogP contribution in [0.1, 0.15) is 48.0 Å². The van der Waals surface area contributed by atoms with Gasteiger partial charge in [-0.25, -0.2) is 0 Å². The topological polar surface area (TPSA) is 71.1 Å². The van der Waals surface area contributed by atoms with Crippen molar-refractivity contribution < 1.29 is 39.4 Å². The van der Waals surface area contributed by atoms with Crippen LogP contribution in [-0.4, -0.2) is 55.0 Å². The van der Waals surface area contributed by atoms with Crippen molar-refractivity contribution in [2.24, 2.45) is 0 Å². The molecule has 6 nitrogen and oxygen atoms in total. The molecule has 0 aromatic carbocycles. The summed E-state index contributed by atoms with van der Waals surface area (Å²) in [6, 6.07) is 0. The van der Waals surface area contributed by atoms with Crippen LogP contribution in [0.2, 0.25) is 36.3 Å². The van der Waals surface area contributed by atoms with Crippen molar-refractivity contribution in [2.75, 3.05) is 13.2 Å². The average molecular weight is 545 g/mol. The molecule has 0 N–H and O–H groups in total. The maximum atomic E-state index is 13.0. The van der Waals surface area contributed by atoms with Crippen LogP contribution in [0.25, 0.3) is 0 Å². The van der Waals surface area contributed by atoms with Crippen molar-refractivity contribution in [3.8, 4) is 0 Å². The number of alkyl halides is 3. The van der Waals surface area contributed by atoms with Gasteiger partial charge in [0, 0.05) is 6.42 Å². The Morgan fingerprint density at radius 2 is 1.38 bits per heavy atom. The number of ether oxygens (including phenoxy) is 1. The van der Waals surface area contributed by atoms with Crippen LogP contribution in [-0.2, 0) is 27.9 Å². The van der Waals surface area contributed by atoms with Gasteiger partial charge in [0.25, 0.3) is 0 Å². The normalized spacial score (nSPS) is 26.6. The Hall–Kier alpha value is -0.666. The van der Waals surface area contributed by atoms with Crippen molar-refractivity contribution in [1.82, 2.24) is 0 Å². The highest BCUT2D eigenvalue weighted by molar-refractivity contribution is 7.87. The van der Waals surface area contributed by atoms with Crippen molar-refractivity contribution in [1.29, 1.82) is 0 Å². The van der Waals surface area contributed by atoms with E-state index in [1.54, 1.807) is 12.2 Å². The third-order valence-electron chi connectivity index (χ3n) is 7.39. The summed E-state index contributed by atoms with van der Waals surface area (Å²) in [5.74, 6) is -0.328. The van der Waals surface area contributed by atoms with E-state index in [0.717, 1.165) is 0 Å².